The minimum absolute atomic E-state index is 0.0505. The molecule has 0 aromatic carbocycles. The van der Waals surface area contributed by atoms with Gasteiger partial charge in [0.25, 0.3) is 0 Å². The maximum absolute atomic E-state index is 11.1. The molecule has 0 bridgehead atoms. The fraction of sp³-hybridized carbons (Fsp3) is 0.583. The second-order valence-corrected chi connectivity index (χ2v) is 5.22. The first-order valence-electron chi connectivity index (χ1n) is 6.04. The number of anilines is 1. The van der Waals surface area contributed by atoms with Crippen molar-refractivity contribution < 1.29 is 4.92 Å². The average Bonchev–Trinajstić information content (AvgIpc) is 2.35. The van der Waals surface area contributed by atoms with E-state index in [1.807, 2.05) is 11.8 Å². The lowest BCUT2D eigenvalue weighted by molar-refractivity contribution is -0.384. The molecule has 0 aliphatic heterocycles. The first-order valence-corrected chi connectivity index (χ1v) is 6.83. The number of aromatic nitrogens is 1. The van der Waals surface area contributed by atoms with Gasteiger partial charge in [0.1, 0.15) is 0 Å². The summed E-state index contributed by atoms with van der Waals surface area (Å²) in [5, 5.41) is 11.1. The first-order chi connectivity index (χ1) is 8.49. The van der Waals surface area contributed by atoms with Crippen LogP contribution in [-0.2, 0) is 0 Å². The smallest absolute Gasteiger partial charge is 0.312 e. The molecule has 6 heteroatoms. The second kappa shape index (κ2) is 6.68. The molecule has 0 radical (unpaired) electrons. The van der Waals surface area contributed by atoms with E-state index in [9.17, 15) is 10.1 Å². The molecule has 0 saturated carbocycles. The highest BCUT2D eigenvalue weighted by Crippen LogP contribution is 2.29. The molecule has 0 fully saturated rings. The quantitative estimate of drug-likeness (QED) is 0.594. The monoisotopic (exact) mass is 315 g/mol. The lowest BCUT2D eigenvalue weighted by atomic mass is 10.1. The number of nitrogens with zero attached hydrogens (tertiary/aromatic N) is 3. The summed E-state index contributed by atoms with van der Waals surface area (Å²) in [6, 6.07) is 1.50. The van der Waals surface area contributed by atoms with Crippen LogP contribution in [0.3, 0.4) is 0 Å². The molecule has 18 heavy (non-hydrogen) atoms. The van der Waals surface area contributed by atoms with Crippen LogP contribution < -0.4 is 4.90 Å². The van der Waals surface area contributed by atoms with Crippen LogP contribution in [0, 0.1) is 16.0 Å². The average molecular weight is 316 g/mol. The summed E-state index contributed by atoms with van der Waals surface area (Å²) in [5.41, 5.74) is 0.0505. The zero-order valence-electron chi connectivity index (χ0n) is 10.9. The van der Waals surface area contributed by atoms with E-state index in [-0.39, 0.29) is 10.6 Å². The van der Waals surface area contributed by atoms with Gasteiger partial charge in [-0.25, -0.2) is 4.98 Å². The number of nitro groups is 1. The third-order valence-corrected chi connectivity index (χ3v) is 3.35. The van der Waals surface area contributed by atoms with E-state index in [2.05, 4.69) is 34.8 Å². The summed E-state index contributed by atoms with van der Waals surface area (Å²) < 4.78 is 0.623. The highest BCUT2D eigenvalue weighted by atomic mass is 79.9. The van der Waals surface area contributed by atoms with Crippen LogP contribution in [-0.4, -0.2) is 23.0 Å². The van der Waals surface area contributed by atoms with Crippen LogP contribution in [0.2, 0.25) is 0 Å². The van der Waals surface area contributed by atoms with Gasteiger partial charge >= 0.3 is 5.69 Å². The van der Waals surface area contributed by atoms with Gasteiger partial charge in [0.05, 0.1) is 4.92 Å². The van der Waals surface area contributed by atoms with Crippen molar-refractivity contribution in [2.45, 2.75) is 27.2 Å². The lowest BCUT2D eigenvalue weighted by Gasteiger charge is -2.24. The molecular weight excluding hydrogens is 298 g/mol. The van der Waals surface area contributed by atoms with Gasteiger partial charge in [-0.15, -0.1) is 0 Å². The van der Waals surface area contributed by atoms with Crippen molar-refractivity contribution in [1.29, 1.82) is 0 Å². The normalized spacial score (nSPS) is 12.2. The van der Waals surface area contributed by atoms with Crippen molar-refractivity contribution in [2.75, 3.05) is 18.0 Å². The zero-order chi connectivity index (χ0) is 13.7. The molecule has 0 N–H and O–H groups in total. The molecule has 5 nitrogen and oxygen atoms in total. The van der Waals surface area contributed by atoms with Crippen LogP contribution in [0.1, 0.15) is 27.2 Å². The molecule has 1 atom stereocenters. The Labute approximate surface area is 115 Å². The van der Waals surface area contributed by atoms with Crippen LogP contribution in [0.4, 0.5) is 11.5 Å². The highest BCUT2D eigenvalue weighted by molar-refractivity contribution is 9.10. The zero-order valence-corrected chi connectivity index (χ0v) is 12.5. The molecule has 1 heterocycles. The topological polar surface area (TPSA) is 59.3 Å². The highest BCUT2D eigenvalue weighted by Gasteiger charge is 2.21. The number of halogens is 1. The predicted molar refractivity (Wildman–Crippen MR) is 75.9 cm³/mol. The summed E-state index contributed by atoms with van der Waals surface area (Å²) in [7, 11) is 0. The Morgan fingerprint density at radius 2 is 2.22 bits per heavy atom. The Bertz CT molecular complexity index is 426. The van der Waals surface area contributed by atoms with Gasteiger partial charge in [-0.1, -0.05) is 20.3 Å². The largest absolute Gasteiger partial charge is 0.351 e. The molecular formula is C12H18BrN3O2. The summed E-state index contributed by atoms with van der Waals surface area (Å²) in [4.78, 5) is 16.8. The summed E-state index contributed by atoms with van der Waals surface area (Å²) in [5.74, 6) is 0.931. The Balaban J connectivity index is 3.08. The van der Waals surface area contributed by atoms with Gasteiger partial charge in [0.15, 0.2) is 0 Å². The predicted octanol–water partition coefficient (Wildman–Crippen LogP) is 3.62. The van der Waals surface area contributed by atoms with Crippen LogP contribution >= 0.6 is 15.9 Å². The first kappa shape index (κ1) is 14.9. The molecule has 0 amide bonds. The molecule has 1 rings (SSSR count). The second-order valence-electron chi connectivity index (χ2n) is 4.31. The standard InChI is InChI=1S/C12H18BrN3O2/c1-4-9(3)8-15(5-2)12-11(16(17)18)6-10(13)7-14-12/h6-7,9H,4-5,8H2,1-3H3. The Morgan fingerprint density at radius 1 is 1.56 bits per heavy atom. The number of hydrogen-bond donors (Lipinski definition) is 0. The van der Waals surface area contributed by atoms with Crippen molar-refractivity contribution in [3.8, 4) is 0 Å². The Morgan fingerprint density at radius 3 is 2.72 bits per heavy atom. The fourth-order valence-corrected chi connectivity index (χ4v) is 1.99. The van der Waals surface area contributed by atoms with Gasteiger partial charge < -0.3 is 4.90 Å². The SMILES string of the molecule is CCC(C)CN(CC)c1ncc(Br)cc1[N+](=O)[O-]. The van der Waals surface area contributed by atoms with Gasteiger partial charge in [-0.05, 0) is 28.8 Å². The van der Waals surface area contributed by atoms with Crippen molar-refractivity contribution in [3.63, 3.8) is 0 Å². The summed E-state index contributed by atoms with van der Waals surface area (Å²) in [6.45, 7) is 7.72. The number of rotatable bonds is 6. The molecule has 100 valence electrons. The summed E-state index contributed by atoms with van der Waals surface area (Å²) >= 11 is 3.21. The van der Waals surface area contributed by atoms with Crippen molar-refractivity contribution in [1.82, 2.24) is 4.98 Å². The maximum Gasteiger partial charge on any atom is 0.312 e. The minimum atomic E-state index is -0.383. The summed E-state index contributed by atoms with van der Waals surface area (Å²) in [6.07, 6.45) is 2.64. The van der Waals surface area contributed by atoms with Crippen LogP contribution in [0.5, 0.6) is 0 Å². The molecule has 1 aromatic rings. The number of pyridine rings is 1. The van der Waals surface area contributed by atoms with E-state index in [1.165, 1.54) is 6.07 Å². The van der Waals surface area contributed by atoms with Crippen molar-refractivity contribution >= 4 is 27.4 Å². The maximum atomic E-state index is 11.1. The van der Waals surface area contributed by atoms with E-state index < -0.39 is 0 Å². The third-order valence-electron chi connectivity index (χ3n) is 2.92. The van der Waals surface area contributed by atoms with Crippen molar-refractivity contribution in [3.05, 3.63) is 26.9 Å². The Kier molecular flexibility index (Phi) is 5.53. The Hall–Kier alpha value is -1.17. The molecule has 1 unspecified atom stereocenters. The third kappa shape index (κ3) is 3.66. The molecule has 0 spiro atoms. The molecule has 0 aliphatic carbocycles. The lowest BCUT2D eigenvalue weighted by Crippen LogP contribution is -2.29. The molecule has 0 saturated heterocycles. The van der Waals surface area contributed by atoms with E-state index in [0.29, 0.717) is 22.8 Å². The van der Waals surface area contributed by atoms with Gasteiger partial charge in [-0.2, -0.15) is 0 Å². The van der Waals surface area contributed by atoms with E-state index >= 15 is 0 Å². The molecule has 1 aromatic heterocycles. The number of hydrogen-bond acceptors (Lipinski definition) is 4. The minimum Gasteiger partial charge on any atom is -0.351 e. The van der Waals surface area contributed by atoms with Crippen LogP contribution in [0.25, 0.3) is 0 Å². The van der Waals surface area contributed by atoms with Crippen molar-refractivity contribution in [2.24, 2.45) is 5.92 Å². The fourth-order valence-electron chi connectivity index (χ4n) is 1.67. The van der Waals surface area contributed by atoms with Gasteiger partial charge in [-0.3, -0.25) is 10.1 Å². The van der Waals surface area contributed by atoms with Crippen LogP contribution in [0.15, 0.2) is 16.7 Å². The van der Waals surface area contributed by atoms with E-state index in [0.717, 1.165) is 13.0 Å². The molecule has 0 aliphatic rings. The van der Waals surface area contributed by atoms with E-state index in [1.54, 1.807) is 6.20 Å². The van der Waals surface area contributed by atoms with E-state index in [4.69, 9.17) is 0 Å². The van der Waals surface area contributed by atoms with Gasteiger partial charge in [0.2, 0.25) is 5.82 Å². The van der Waals surface area contributed by atoms with Gasteiger partial charge in [0, 0.05) is 29.8 Å².